The first kappa shape index (κ1) is 19.9. The van der Waals surface area contributed by atoms with Crippen LogP contribution in [0, 0.1) is 0 Å². The first-order valence-electron chi connectivity index (χ1n) is 10.5. The minimum absolute atomic E-state index is 0.0997. The fourth-order valence-electron chi connectivity index (χ4n) is 4.34. The van der Waals surface area contributed by atoms with Crippen LogP contribution in [-0.2, 0) is 16.1 Å². The average Bonchev–Trinajstić information content (AvgIpc) is 3.36. The maximum Gasteiger partial charge on any atom is 0.251 e. The number of anilines is 1. The molecule has 1 atom stereocenters. The highest BCUT2D eigenvalue weighted by molar-refractivity contribution is 8.00. The molecular formula is C24H23N3O3S. The Hall–Kier alpha value is -3.06. The van der Waals surface area contributed by atoms with Gasteiger partial charge in [0.15, 0.2) is 0 Å². The summed E-state index contributed by atoms with van der Waals surface area (Å²) in [7, 11) is 0. The van der Waals surface area contributed by atoms with E-state index in [1.807, 2.05) is 29.2 Å². The molecule has 2 aliphatic rings. The molecular weight excluding hydrogens is 410 g/mol. The molecule has 1 N–H and O–H groups in total. The molecule has 1 aliphatic heterocycles. The molecule has 1 unspecified atom stereocenters. The zero-order valence-corrected chi connectivity index (χ0v) is 17.9. The minimum atomic E-state index is -0.110. The molecule has 0 radical (unpaired) electrons. The summed E-state index contributed by atoms with van der Waals surface area (Å²) in [5.41, 5.74) is 3.22. The van der Waals surface area contributed by atoms with E-state index >= 15 is 0 Å². The standard InChI is InChI=1S/C24H23N3O3S/c28-22(26-21-7-3-4-10-25-21)15-31-24-20-6-2-1-5-19(20)23(29)27(24)12-16-8-9-17-13-30-14-18(17)11-16/h3-4,7-11,13-14,24H,1-2,5-6,12,15H2,(H,25,26,28). The van der Waals surface area contributed by atoms with E-state index in [2.05, 4.69) is 16.4 Å². The monoisotopic (exact) mass is 433 g/mol. The maximum absolute atomic E-state index is 13.2. The van der Waals surface area contributed by atoms with E-state index in [-0.39, 0.29) is 22.9 Å². The summed E-state index contributed by atoms with van der Waals surface area (Å²) in [4.78, 5) is 31.8. The average molecular weight is 434 g/mol. The number of hydrogen-bond acceptors (Lipinski definition) is 5. The molecule has 0 spiro atoms. The van der Waals surface area contributed by atoms with Gasteiger partial charge in [-0.3, -0.25) is 9.59 Å². The fourth-order valence-corrected chi connectivity index (χ4v) is 5.53. The molecule has 0 fully saturated rings. The van der Waals surface area contributed by atoms with Crippen molar-refractivity contribution >= 4 is 40.2 Å². The Kier molecular flexibility index (Phi) is 5.51. The fraction of sp³-hybridized carbons (Fsp3) is 0.292. The molecule has 0 saturated heterocycles. The van der Waals surface area contributed by atoms with Crippen molar-refractivity contribution in [2.45, 2.75) is 37.6 Å². The summed E-state index contributed by atoms with van der Waals surface area (Å²) in [6.07, 6.45) is 9.01. The molecule has 2 aromatic heterocycles. The van der Waals surface area contributed by atoms with Crippen LogP contribution in [0.3, 0.4) is 0 Å². The molecule has 3 aromatic rings. The second-order valence-corrected chi connectivity index (χ2v) is 8.97. The van der Waals surface area contributed by atoms with Gasteiger partial charge >= 0.3 is 0 Å². The number of nitrogens with zero attached hydrogens (tertiary/aromatic N) is 2. The number of carbonyl (C=O) groups excluding carboxylic acids is 2. The first-order chi connectivity index (χ1) is 15.2. The highest BCUT2D eigenvalue weighted by atomic mass is 32.2. The Balaban J connectivity index is 1.33. The summed E-state index contributed by atoms with van der Waals surface area (Å²) >= 11 is 1.52. The van der Waals surface area contributed by atoms with Crippen LogP contribution < -0.4 is 5.32 Å². The Morgan fingerprint density at radius 2 is 2.03 bits per heavy atom. The van der Waals surface area contributed by atoms with Crippen molar-refractivity contribution in [1.29, 1.82) is 0 Å². The van der Waals surface area contributed by atoms with Crippen molar-refractivity contribution in [3.8, 4) is 0 Å². The molecule has 158 valence electrons. The smallest absolute Gasteiger partial charge is 0.251 e. The predicted molar refractivity (Wildman–Crippen MR) is 121 cm³/mol. The highest BCUT2D eigenvalue weighted by Gasteiger charge is 2.40. The van der Waals surface area contributed by atoms with Crippen LogP contribution in [0.5, 0.6) is 0 Å². The van der Waals surface area contributed by atoms with Gasteiger partial charge in [-0.25, -0.2) is 4.98 Å². The molecule has 3 heterocycles. The van der Waals surface area contributed by atoms with Crippen LogP contribution in [0.2, 0.25) is 0 Å². The van der Waals surface area contributed by atoms with E-state index in [1.165, 1.54) is 17.3 Å². The van der Waals surface area contributed by atoms with Crippen molar-refractivity contribution in [1.82, 2.24) is 9.88 Å². The van der Waals surface area contributed by atoms with E-state index in [0.29, 0.717) is 12.4 Å². The number of hydrogen-bond donors (Lipinski definition) is 1. The summed E-state index contributed by atoms with van der Waals surface area (Å²) in [5.74, 6) is 0.812. The number of thioether (sulfide) groups is 1. The van der Waals surface area contributed by atoms with Gasteiger partial charge in [-0.15, -0.1) is 11.8 Å². The second kappa shape index (κ2) is 8.59. The predicted octanol–water partition coefficient (Wildman–Crippen LogP) is 4.74. The summed E-state index contributed by atoms with van der Waals surface area (Å²) in [6.45, 7) is 0.520. The second-order valence-electron chi connectivity index (χ2n) is 7.91. The van der Waals surface area contributed by atoms with Crippen molar-refractivity contribution in [2.75, 3.05) is 11.1 Å². The largest absolute Gasteiger partial charge is 0.471 e. The van der Waals surface area contributed by atoms with Gasteiger partial charge < -0.3 is 14.6 Å². The molecule has 31 heavy (non-hydrogen) atoms. The van der Waals surface area contributed by atoms with Crippen molar-refractivity contribution < 1.29 is 14.0 Å². The van der Waals surface area contributed by atoms with Crippen LogP contribution in [0.4, 0.5) is 5.82 Å². The normalized spacial score (nSPS) is 18.5. The van der Waals surface area contributed by atoms with Crippen LogP contribution in [0.1, 0.15) is 31.2 Å². The number of rotatable bonds is 6. The van der Waals surface area contributed by atoms with Crippen molar-refractivity contribution in [3.63, 3.8) is 0 Å². The Morgan fingerprint density at radius 3 is 2.90 bits per heavy atom. The van der Waals surface area contributed by atoms with E-state index in [9.17, 15) is 9.59 Å². The molecule has 2 amide bonds. The van der Waals surface area contributed by atoms with Gasteiger partial charge in [0, 0.05) is 29.1 Å². The summed E-state index contributed by atoms with van der Waals surface area (Å²) < 4.78 is 5.28. The Bertz CT molecular complexity index is 1160. The van der Waals surface area contributed by atoms with Crippen molar-refractivity contribution in [2.24, 2.45) is 0 Å². The number of amides is 2. The highest BCUT2D eigenvalue weighted by Crippen LogP contribution is 2.42. The van der Waals surface area contributed by atoms with E-state index < -0.39 is 0 Å². The number of furan rings is 1. The third-order valence-corrected chi connectivity index (χ3v) is 7.09. The van der Waals surface area contributed by atoms with Crippen LogP contribution in [0.15, 0.2) is 70.7 Å². The van der Waals surface area contributed by atoms with Crippen LogP contribution in [-0.4, -0.2) is 32.8 Å². The van der Waals surface area contributed by atoms with E-state index in [0.717, 1.165) is 47.6 Å². The number of benzene rings is 1. The van der Waals surface area contributed by atoms with Crippen LogP contribution in [0.25, 0.3) is 10.8 Å². The molecule has 6 nitrogen and oxygen atoms in total. The molecule has 5 rings (SSSR count). The third kappa shape index (κ3) is 4.10. The molecule has 7 heteroatoms. The molecule has 1 aromatic carbocycles. The van der Waals surface area contributed by atoms with E-state index in [4.69, 9.17) is 4.42 Å². The van der Waals surface area contributed by atoms with Gasteiger partial charge in [0.25, 0.3) is 5.91 Å². The van der Waals surface area contributed by atoms with Crippen molar-refractivity contribution in [3.05, 3.63) is 71.8 Å². The topological polar surface area (TPSA) is 75.4 Å². The van der Waals surface area contributed by atoms with Gasteiger partial charge in [-0.05, 0) is 55.0 Å². The first-order valence-corrected chi connectivity index (χ1v) is 11.5. The quantitative estimate of drug-likeness (QED) is 0.608. The van der Waals surface area contributed by atoms with Gasteiger partial charge in [-0.2, -0.15) is 0 Å². The number of aromatic nitrogens is 1. The summed E-state index contributed by atoms with van der Waals surface area (Å²) in [5, 5.41) is 4.81. The van der Waals surface area contributed by atoms with Gasteiger partial charge in [-0.1, -0.05) is 18.2 Å². The number of fused-ring (bicyclic) bond motifs is 1. The Morgan fingerprint density at radius 1 is 1.16 bits per heavy atom. The third-order valence-electron chi connectivity index (χ3n) is 5.81. The SMILES string of the molecule is O=C(CSC1C2=C(CCCC2)C(=O)N1Cc1ccc2cocc2c1)Nc1ccccn1. The number of pyridine rings is 1. The van der Waals surface area contributed by atoms with Crippen LogP contribution >= 0.6 is 11.8 Å². The lowest BCUT2D eigenvalue weighted by molar-refractivity contribution is -0.126. The lowest BCUT2D eigenvalue weighted by Gasteiger charge is -2.27. The molecule has 0 saturated carbocycles. The lowest BCUT2D eigenvalue weighted by Crippen LogP contribution is -2.34. The summed E-state index contributed by atoms with van der Waals surface area (Å²) in [6, 6.07) is 11.5. The zero-order chi connectivity index (χ0) is 21.2. The molecule has 1 aliphatic carbocycles. The maximum atomic E-state index is 13.2. The number of nitrogens with one attached hydrogen (secondary N) is 1. The van der Waals surface area contributed by atoms with Gasteiger partial charge in [0.05, 0.1) is 18.3 Å². The van der Waals surface area contributed by atoms with Gasteiger partial charge in [0.2, 0.25) is 5.91 Å². The number of carbonyl (C=O) groups is 2. The van der Waals surface area contributed by atoms with Gasteiger partial charge in [0.1, 0.15) is 11.2 Å². The zero-order valence-electron chi connectivity index (χ0n) is 17.0. The van der Waals surface area contributed by atoms with E-state index in [1.54, 1.807) is 24.8 Å². The Labute approximate surface area is 184 Å². The minimum Gasteiger partial charge on any atom is -0.471 e. The molecule has 0 bridgehead atoms. The lowest BCUT2D eigenvalue weighted by atomic mass is 9.94.